The second kappa shape index (κ2) is 7.25. The van der Waals surface area contributed by atoms with E-state index in [2.05, 4.69) is 10.3 Å². The summed E-state index contributed by atoms with van der Waals surface area (Å²) >= 11 is 0. The van der Waals surface area contributed by atoms with E-state index in [1.54, 1.807) is 34.8 Å². The van der Waals surface area contributed by atoms with Gasteiger partial charge in [-0.05, 0) is 18.2 Å². The van der Waals surface area contributed by atoms with Crippen LogP contribution in [0.1, 0.15) is 17.3 Å². The Morgan fingerprint density at radius 1 is 1.21 bits per heavy atom. The van der Waals surface area contributed by atoms with Gasteiger partial charge in [0.1, 0.15) is 5.69 Å². The van der Waals surface area contributed by atoms with Crippen molar-refractivity contribution in [2.45, 2.75) is 6.92 Å². The lowest BCUT2D eigenvalue weighted by atomic mass is 10.2. The van der Waals surface area contributed by atoms with Gasteiger partial charge in [0.25, 0.3) is 5.91 Å². The van der Waals surface area contributed by atoms with Crippen molar-refractivity contribution >= 4 is 28.5 Å². The summed E-state index contributed by atoms with van der Waals surface area (Å²) in [6.07, 6.45) is 1.63. The van der Waals surface area contributed by atoms with E-state index < -0.39 is 0 Å². The molecular formula is C20H23N5O4. The van der Waals surface area contributed by atoms with Gasteiger partial charge in [-0.15, -0.1) is 0 Å². The summed E-state index contributed by atoms with van der Waals surface area (Å²) in [5.41, 5.74) is 2.87. The lowest BCUT2D eigenvalue weighted by Crippen LogP contribution is -2.40. The van der Waals surface area contributed by atoms with Crippen LogP contribution in [0.2, 0.25) is 0 Å². The maximum atomic E-state index is 12.9. The smallest absolute Gasteiger partial charge is 0.259 e. The summed E-state index contributed by atoms with van der Waals surface area (Å²) in [5, 5.41) is 13.6. The lowest BCUT2D eigenvalue weighted by Gasteiger charge is -2.26. The molecule has 1 aromatic carbocycles. The number of hydrogen-bond donors (Lipinski definition) is 2. The van der Waals surface area contributed by atoms with Crippen LogP contribution in [0, 0.1) is 0 Å². The SMILES string of the molecule is CC(=O)Nc1ccc2c(c1)nc(-c1c(O)c(C(=O)N3CCOCC3)cn1C)n2C. The fourth-order valence-corrected chi connectivity index (χ4v) is 3.66. The number of imidazole rings is 1. The zero-order valence-electron chi connectivity index (χ0n) is 16.6. The first kappa shape index (κ1) is 19.0. The van der Waals surface area contributed by atoms with Crippen molar-refractivity contribution in [1.82, 2.24) is 19.0 Å². The second-order valence-electron chi connectivity index (χ2n) is 7.13. The molecule has 0 spiro atoms. The Kier molecular flexibility index (Phi) is 4.75. The molecule has 0 unspecified atom stereocenters. The van der Waals surface area contributed by atoms with Crippen molar-refractivity contribution in [1.29, 1.82) is 0 Å². The van der Waals surface area contributed by atoms with Gasteiger partial charge in [0, 0.05) is 46.0 Å². The number of anilines is 1. The molecule has 9 heteroatoms. The molecule has 1 saturated heterocycles. The number of rotatable bonds is 3. The molecule has 9 nitrogen and oxygen atoms in total. The van der Waals surface area contributed by atoms with Crippen LogP contribution in [0.15, 0.2) is 24.4 Å². The summed E-state index contributed by atoms with van der Waals surface area (Å²) in [7, 11) is 3.62. The summed E-state index contributed by atoms with van der Waals surface area (Å²) in [6, 6.07) is 5.43. The maximum absolute atomic E-state index is 12.9. The highest BCUT2D eigenvalue weighted by molar-refractivity contribution is 5.99. The Balaban J connectivity index is 1.75. The Morgan fingerprint density at radius 3 is 2.62 bits per heavy atom. The molecule has 4 rings (SSSR count). The van der Waals surface area contributed by atoms with Crippen LogP contribution in [-0.2, 0) is 23.6 Å². The quantitative estimate of drug-likeness (QED) is 0.701. The molecule has 0 atom stereocenters. The molecule has 2 N–H and O–H groups in total. The standard InChI is InChI=1S/C20H23N5O4/c1-12(26)21-13-4-5-16-15(10-13)22-19(24(16)3)17-18(27)14(11-23(17)2)20(28)25-6-8-29-9-7-25/h4-5,10-11,27H,6-9H2,1-3H3,(H,21,26). The first-order chi connectivity index (χ1) is 13.9. The molecule has 0 radical (unpaired) electrons. The van der Waals surface area contributed by atoms with E-state index in [1.165, 1.54) is 6.92 Å². The molecule has 1 aliphatic heterocycles. The third-order valence-corrected chi connectivity index (χ3v) is 5.10. The number of aryl methyl sites for hydroxylation is 2. The van der Waals surface area contributed by atoms with Gasteiger partial charge < -0.3 is 29.2 Å². The highest BCUT2D eigenvalue weighted by Crippen LogP contribution is 2.35. The molecule has 152 valence electrons. The Morgan fingerprint density at radius 2 is 1.93 bits per heavy atom. The summed E-state index contributed by atoms with van der Waals surface area (Å²) in [6.45, 7) is 3.44. The van der Waals surface area contributed by atoms with Gasteiger partial charge in [-0.2, -0.15) is 0 Å². The predicted molar refractivity (Wildman–Crippen MR) is 108 cm³/mol. The van der Waals surface area contributed by atoms with Crippen LogP contribution in [0.3, 0.4) is 0 Å². The number of benzene rings is 1. The number of aromatic nitrogens is 3. The summed E-state index contributed by atoms with van der Waals surface area (Å²) in [5.74, 6) is 0.0525. The van der Waals surface area contributed by atoms with Crippen molar-refractivity contribution < 1.29 is 19.4 Å². The molecule has 0 saturated carbocycles. The molecule has 2 amide bonds. The first-order valence-electron chi connectivity index (χ1n) is 9.36. The number of amides is 2. The van der Waals surface area contributed by atoms with Crippen molar-refractivity contribution in [3.8, 4) is 17.3 Å². The van der Waals surface area contributed by atoms with Crippen LogP contribution >= 0.6 is 0 Å². The minimum absolute atomic E-state index is 0.0931. The number of nitrogens with one attached hydrogen (secondary N) is 1. The fraction of sp³-hybridized carbons (Fsp3) is 0.350. The van der Waals surface area contributed by atoms with Crippen LogP contribution < -0.4 is 5.32 Å². The van der Waals surface area contributed by atoms with E-state index >= 15 is 0 Å². The maximum Gasteiger partial charge on any atom is 0.259 e. The lowest BCUT2D eigenvalue weighted by molar-refractivity contribution is -0.114. The van der Waals surface area contributed by atoms with Crippen LogP contribution in [0.4, 0.5) is 5.69 Å². The first-order valence-corrected chi connectivity index (χ1v) is 9.36. The number of carbonyl (C=O) groups is 2. The van der Waals surface area contributed by atoms with E-state index in [1.807, 2.05) is 17.7 Å². The average molecular weight is 397 g/mol. The van der Waals surface area contributed by atoms with Gasteiger partial charge in [0.15, 0.2) is 11.6 Å². The van der Waals surface area contributed by atoms with Crippen LogP contribution in [-0.4, -0.2) is 62.2 Å². The van der Waals surface area contributed by atoms with Gasteiger partial charge in [0.2, 0.25) is 5.91 Å². The highest BCUT2D eigenvalue weighted by atomic mass is 16.5. The molecule has 3 aromatic rings. The van der Waals surface area contributed by atoms with E-state index in [9.17, 15) is 14.7 Å². The monoisotopic (exact) mass is 397 g/mol. The number of carbonyl (C=O) groups excluding carboxylic acids is 2. The topological polar surface area (TPSA) is 102 Å². The molecule has 29 heavy (non-hydrogen) atoms. The molecular weight excluding hydrogens is 374 g/mol. The zero-order valence-corrected chi connectivity index (χ0v) is 16.6. The van der Waals surface area contributed by atoms with Gasteiger partial charge in [0.05, 0.1) is 29.8 Å². The zero-order chi connectivity index (χ0) is 20.7. The van der Waals surface area contributed by atoms with Gasteiger partial charge in [-0.25, -0.2) is 4.98 Å². The van der Waals surface area contributed by atoms with Gasteiger partial charge >= 0.3 is 0 Å². The Labute approximate surface area is 167 Å². The van der Waals surface area contributed by atoms with E-state index in [-0.39, 0.29) is 23.1 Å². The van der Waals surface area contributed by atoms with E-state index in [0.717, 1.165) is 5.52 Å². The number of aromatic hydroxyl groups is 1. The summed E-state index contributed by atoms with van der Waals surface area (Å²) < 4.78 is 8.86. The molecule has 3 heterocycles. The van der Waals surface area contributed by atoms with Gasteiger partial charge in [-0.1, -0.05) is 0 Å². The molecule has 0 aliphatic carbocycles. The van der Waals surface area contributed by atoms with Crippen molar-refractivity contribution in [2.75, 3.05) is 31.6 Å². The minimum Gasteiger partial charge on any atom is -0.505 e. The third kappa shape index (κ3) is 3.33. The molecule has 1 aliphatic rings. The molecule has 2 aromatic heterocycles. The third-order valence-electron chi connectivity index (χ3n) is 5.10. The second-order valence-corrected chi connectivity index (χ2v) is 7.13. The number of hydrogen-bond acceptors (Lipinski definition) is 5. The Bertz CT molecular complexity index is 1110. The average Bonchev–Trinajstić information content (AvgIpc) is 3.17. The number of nitrogens with zero attached hydrogens (tertiary/aromatic N) is 4. The van der Waals surface area contributed by atoms with Crippen molar-refractivity contribution in [2.24, 2.45) is 14.1 Å². The van der Waals surface area contributed by atoms with Crippen LogP contribution in [0.25, 0.3) is 22.6 Å². The largest absolute Gasteiger partial charge is 0.505 e. The number of ether oxygens (including phenoxy) is 1. The van der Waals surface area contributed by atoms with E-state index in [0.29, 0.717) is 49.0 Å². The Hall–Kier alpha value is -3.33. The number of morpholine rings is 1. The summed E-state index contributed by atoms with van der Waals surface area (Å²) in [4.78, 5) is 30.5. The van der Waals surface area contributed by atoms with Crippen LogP contribution in [0.5, 0.6) is 5.75 Å². The highest BCUT2D eigenvalue weighted by Gasteiger charge is 2.27. The van der Waals surface area contributed by atoms with Crippen molar-refractivity contribution in [3.63, 3.8) is 0 Å². The fourth-order valence-electron chi connectivity index (χ4n) is 3.66. The predicted octanol–water partition coefficient (Wildman–Crippen LogP) is 1.72. The van der Waals surface area contributed by atoms with Crippen molar-refractivity contribution in [3.05, 3.63) is 30.0 Å². The normalized spacial score (nSPS) is 14.4. The minimum atomic E-state index is -0.223. The number of fused-ring (bicyclic) bond motifs is 1. The molecule has 1 fully saturated rings. The van der Waals surface area contributed by atoms with Gasteiger partial charge in [-0.3, -0.25) is 9.59 Å². The van der Waals surface area contributed by atoms with E-state index in [4.69, 9.17) is 4.74 Å². The molecule has 0 bridgehead atoms.